The standard InChI is InChI=1S/C11H14N2OS/c1-13-7-6-10(12-13)11(14)5-4-9-3-2-8-15-9/h2-3,6-8,11,14H,4-5H2,1H3. The van der Waals surface area contributed by atoms with E-state index in [0.717, 1.165) is 18.5 Å². The van der Waals surface area contributed by atoms with Gasteiger partial charge in [-0.1, -0.05) is 6.07 Å². The molecule has 0 aliphatic heterocycles. The molecule has 0 saturated heterocycles. The molecule has 0 aliphatic carbocycles. The summed E-state index contributed by atoms with van der Waals surface area (Å²) in [6, 6.07) is 5.99. The molecule has 2 aromatic heterocycles. The van der Waals surface area contributed by atoms with E-state index in [1.165, 1.54) is 4.88 Å². The summed E-state index contributed by atoms with van der Waals surface area (Å²) in [5.41, 5.74) is 0.758. The smallest absolute Gasteiger partial charge is 0.0981 e. The number of rotatable bonds is 4. The number of nitrogens with zero attached hydrogens (tertiary/aromatic N) is 2. The van der Waals surface area contributed by atoms with Crippen molar-refractivity contribution in [3.63, 3.8) is 0 Å². The van der Waals surface area contributed by atoms with Crippen LogP contribution in [0.4, 0.5) is 0 Å². The Balaban J connectivity index is 1.90. The lowest BCUT2D eigenvalue weighted by Crippen LogP contribution is -2.01. The molecular formula is C11H14N2OS. The first kappa shape index (κ1) is 10.4. The zero-order valence-electron chi connectivity index (χ0n) is 8.63. The SMILES string of the molecule is Cn1ccc(C(O)CCc2cccs2)n1. The molecule has 2 rings (SSSR count). The van der Waals surface area contributed by atoms with Crippen molar-refractivity contribution in [2.75, 3.05) is 0 Å². The Bertz CT molecular complexity index is 408. The van der Waals surface area contributed by atoms with Crippen LogP contribution in [0.3, 0.4) is 0 Å². The van der Waals surface area contributed by atoms with Crippen molar-refractivity contribution in [3.8, 4) is 0 Å². The van der Waals surface area contributed by atoms with Gasteiger partial charge in [-0.05, 0) is 30.4 Å². The van der Waals surface area contributed by atoms with Crippen molar-refractivity contribution in [3.05, 3.63) is 40.3 Å². The van der Waals surface area contributed by atoms with Crippen LogP contribution in [0, 0.1) is 0 Å². The Labute approximate surface area is 93.0 Å². The van der Waals surface area contributed by atoms with Crippen LogP contribution in [0.25, 0.3) is 0 Å². The van der Waals surface area contributed by atoms with Crippen LogP contribution in [-0.4, -0.2) is 14.9 Å². The van der Waals surface area contributed by atoms with Gasteiger partial charge in [-0.3, -0.25) is 4.68 Å². The first-order valence-electron chi connectivity index (χ1n) is 4.95. The molecule has 1 unspecified atom stereocenters. The second-order valence-electron chi connectivity index (χ2n) is 3.55. The van der Waals surface area contributed by atoms with Gasteiger partial charge in [0.25, 0.3) is 0 Å². The molecule has 0 aliphatic rings. The van der Waals surface area contributed by atoms with Crippen LogP contribution in [0.5, 0.6) is 0 Å². The number of aliphatic hydroxyl groups is 1. The summed E-state index contributed by atoms with van der Waals surface area (Å²) in [6.07, 6.45) is 3.05. The zero-order valence-corrected chi connectivity index (χ0v) is 9.44. The van der Waals surface area contributed by atoms with Crippen molar-refractivity contribution in [1.29, 1.82) is 0 Å². The highest BCUT2D eigenvalue weighted by atomic mass is 32.1. The molecule has 0 saturated carbocycles. The van der Waals surface area contributed by atoms with E-state index in [2.05, 4.69) is 16.5 Å². The average molecular weight is 222 g/mol. The van der Waals surface area contributed by atoms with Crippen molar-refractivity contribution >= 4 is 11.3 Å². The predicted octanol–water partition coefficient (Wildman–Crippen LogP) is 2.15. The second kappa shape index (κ2) is 4.59. The summed E-state index contributed by atoms with van der Waals surface area (Å²) >= 11 is 1.73. The maximum Gasteiger partial charge on any atom is 0.0981 e. The van der Waals surface area contributed by atoms with Gasteiger partial charge >= 0.3 is 0 Å². The topological polar surface area (TPSA) is 38.0 Å². The van der Waals surface area contributed by atoms with Gasteiger partial charge in [-0.15, -0.1) is 11.3 Å². The lowest BCUT2D eigenvalue weighted by Gasteiger charge is -2.05. The summed E-state index contributed by atoms with van der Waals surface area (Å²) in [5.74, 6) is 0. The van der Waals surface area contributed by atoms with E-state index in [1.54, 1.807) is 16.0 Å². The predicted molar refractivity (Wildman–Crippen MR) is 60.8 cm³/mol. The maximum atomic E-state index is 9.86. The molecule has 0 fully saturated rings. The first-order chi connectivity index (χ1) is 7.25. The molecule has 1 N–H and O–H groups in total. The van der Waals surface area contributed by atoms with Gasteiger partial charge in [0.05, 0.1) is 11.8 Å². The van der Waals surface area contributed by atoms with Crippen molar-refractivity contribution in [1.82, 2.24) is 9.78 Å². The minimum Gasteiger partial charge on any atom is -0.387 e. The molecule has 0 radical (unpaired) electrons. The van der Waals surface area contributed by atoms with Gasteiger partial charge in [0.1, 0.15) is 0 Å². The van der Waals surface area contributed by atoms with E-state index in [-0.39, 0.29) is 0 Å². The zero-order chi connectivity index (χ0) is 10.7. The highest BCUT2D eigenvalue weighted by molar-refractivity contribution is 7.09. The van der Waals surface area contributed by atoms with Crippen molar-refractivity contribution in [2.24, 2.45) is 7.05 Å². The highest BCUT2D eigenvalue weighted by Crippen LogP contribution is 2.19. The number of aromatic nitrogens is 2. The largest absolute Gasteiger partial charge is 0.387 e. The Morgan fingerprint density at radius 1 is 1.53 bits per heavy atom. The molecular weight excluding hydrogens is 208 g/mol. The number of hydrogen-bond donors (Lipinski definition) is 1. The maximum absolute atomic E-state index is 9.86. The van der Waals surface area contributed by atoms with Crippen LogP contribution < -0.4 is 0 Å². The number of hydrogen-bond acceptors (Lipinski definition) is 3. The van der Waals surface area contributed by atoms with Crippen molar-refractivity contribution in [2.45, 2.75) is 18.9 Å². The molecule has 0 spiro atoms. The second-order valence-corrected chi connectivity index (χ2v) is 4.58. The third-order valence-electron chi connectivity index (χ3n) is 2.32. The summed E-state index contributed by atoms with van der Waals surface area (Å²) in [6.45, 7) is 0. The summed E-state index contributed by atoms with van der Waals surface area (Å²) in [7, 11) is 1.86. The first-order valence-corrected chi connectivity index (χ1v) is 5.83. The van der Waals surface area contributed by atoms with E-state index >= 15 is 0 Å². The summed E-state index contributed by atoms with van der Waals surface area (Å²) in [4.78, 5) is 1.31. The fourth-order valence-electron chi connectivity index (χ4n) is 1.49. The third-order valence-corrected chi connectivity index (χ3v) is 3.26. The molecule has 0 amide bonds. The molecule has 0 aromatic carbocycles. The lowest BCUT2D eigenvalue weighted by molar-refractivity contribution is 0.162. The highest BCUT2D eigenvalue weighted by Gasteiger charge is 2.10. The van der Waals surface area contributed by atoms with E-state index in [9.17, 15) is 5.11 Å². The van der Waals surface area contributed by atoms with Crippen LogP contribution in [0.15, 0.2) is 29.8 Å². The summed E-state index contributed by atoms with van der Waals surface area (Å²) in [5, 5.41) is 16.1. The Kier molecular flexibility index (Phi) is 3.18. The van der Waals surface area contributed by atoms with Gasteiger partial charge in [0, 0.05) is 18.1 Å². The quantitative estimate of drug-likeness (QED) is 0.860. The molecule has 0 bridgehead atoms. The van der Waals surface area contributed by atoms with E-state index in [1.807, 2.05) is 25.4 Å². The Morgan fingerprint density at radius 3 is 3.00 bits per heavy atom. The van der Waals surface area contributed by atoms with Crippen LogP contribution in [0.2, 0.25) is 0 Å². The summed E-state index contributed by atoms with van der Waals surface area (Å²) < 4.78 is 1.71. The van der Waals surface area contributed by atoms with Gasteiger partial charge in [0.15, 0.2) is 0 Å². The van der Waals surface area contributed by atoms with Crippen LogP contribution in [0.1, 0.15) is 23.1 Å². The van der Waals surface area contributed by atoms with E-state index in [0.29, 0.717) is 0 Å². The van der Waals surface area contributed by atoms with Crippen LogP contribution in [-0.2, 0) is 13.5 Å². The molecule has 2 heterocycles. The van der Waals surface area contributed by atoms with Crippen LogP contribution >= 0.6 is 11.3 Å². The molecule has 1 atom stereocenters. The molecule has 4 heteroatoms. The molecule has 15 heavy (non-hydrogen) atoms. The lowest BCUT2D eigenvalue weighted by atomic mass is 10.1. The fraction of sp³-hybridized carbons (Fsp3) is 0.364. The van der Waals surface area contributed by atoms with Crippen molar-refractivity contribution < 1.29 is 5.11 Å². The molecule has 80 valence electrons. The Hall–Kier alpha value is -1.13. The minimum absolute atomic E-state index is 0.451. The van der Waals surface area contributed by atoms with E-state index < -0.39 is 6.10 Å². The number of thiophene rings is 1. The van der Waals surface area contributed by atoms with E-state index in [4.69, 9.17) is 0 Å². The number of aliphatic hydroxyl groups excluding tert-OH is 1. The molecule has 3 nitrogen and oxygen atoms in total. The molecule has 2 aromatic rings. The monoisotopic (exact) mass is 222 g/mol. The minimum atomic E-state index is -0.451. The normalized spacial score (nSPS) is 12.9. The Morgan fingerprint density at radius 2 is 2.40 bits per heavy atom. The van der Waals surface area contributed by atoms with Gasteiger partial charge in [0.2, 0.25) is 0 Å². The average Bonchev–Trinajstić information content (AvgIpc) is 2.84. The van der Waals surface area contributed by atoms with Gasteiger partial charge in [-0.2, -0.15) is 5.10 Å². The van der Waals surface area contributed by atoms with Gasteiger partial charge < -0.3 is 5.11 Å². The fourth-order valence-corrected chi connectivity index (χ4v) is 2.22. The number of aryl methyl sites for hydroxylation is 2. The third kappa shape index (κ3) is 2.67. The van der Waals surface area contributed by atoms with Gasteiger partial charge in [-0.25, -0.2) is 0 Å².